The van der Waals surface area contributed by atoms with Crippen molar-refractivity contribution >= 4 is 5.91 Å². The molecule has 3 heterocycles. The number of aryl methyl sites for hydroxylation is 2. The van der Waals surface area contributed by atoms with Crippen molar-refractivity contribution in [1.82, 2.24) is 19.7 Å². The summed E-state index contributed by atoms with van der Waals surface area (Å²) < 4.78 is 1.67. The lowest BCUT2D eigenvalue weighted by molar-refractivity contribution is 0.0666. The molecule has 1 amide bonds. The van der Waals surface area contributed by atoms with Gasteiger partial charge in [-0.25, -0.2) is 0 Å². The first kappa shape index (κ1) is 14.8. The van der Waals surface area contributed by atoms with E-state index >= 15 is 0 Å². The number of nitrogens with zero attached hydrogens (tertiary/aromatic N) is 4. The predicted molar refractivity (Wildman–Crippen MR) is 84.5 cm³/mol. The molecule has 1 aliphatic heterocycles. The Balaban J connectivity index is 1.63. The molecule has 0 unspecified atom stereocenters. The number of piperidine rings is 1. The monoisotopic (exact) mass is 298 g/mol. The summed E-state index contributed by atoms with van der Waals surface area (Å²) in [5.41, 5.74) is 2.84. The third-order valence-corrected chi connectivity index (χ3v) is 4.24. The highest BCUT2D eigenvalue weighted by Gasteiger charge is 2.25. The molecule has 116 valence electrons. The van der Waals surface area contributed by atoms with Gasteiger partial charge in [-0.2, -0.15) is 5.10 Å². The summed E-state index contributed by atoms with van der Waals surface area (Å²) in [4.78, 5) is 18.8. The van der Waals surface area contributed by atoms with Crippen LogP contribution in [0, 0.1) is 12.8 Å². The predicted octanol–water partition coefficient (Wildman–Crippen LogP) is 2.22. The molecule has 22 heavy (non-hydrogen) atoms. The van der Waals surface area contributed by atoms with E-state index < -0.39 is 0 Å². The van der Waals surface area contributed by atoms with Crippen LogP contribution in [0.3, 0.4) is 0 Å². The highest BCUT2D eigenvalue weighted by Crippen LogP contribution is 2.22. The normalized spacial score (nSPS) is 18.5. The fraction of sp³-hybridized carbons (Fsp3) is 0.471. The van der Waals surface area contributed by atoms with Gasteiger partial charge in [-0.05, 0) is 49.8 Å². The zero-order chi connectivity index (χ0) is 15.5. The molecule has 0 spiro atoms. The van der Waals surface area contributed by atoms with Gasteiger partial charge in [-0.15, -0.1) is 0 Å². The fourth-order valence-corrected chi connectivity index (χ4v) is 3.06. The molecule has 0 N–H and O–H groups in total. The standard InChI is InChI=1S/C17H22N4O/c1-13-5-6-14(11-18-13)10-15-4-3-8-21(12-15)17(22)16-7-9-20(2)19-16/h5-7,9,11,15H,3-4,8,10,12H2,1-2H3/t15-/m1/s1. The number of pyridine rings is 1. The molecule has 1 saturated heterocycles. The highest BCUT2D eigenvalue weighted by molar-refractivity contribution is 5.92. The van der Waals surface area contributed by atoms with Crippen LogP contribution >= 0.6 is 0 Å². The molecule has 3 rings (SSSR count). The Morgan fingerprint density at radius 2 is 2.23 bits per heavy atom. The maximum atomic E-state index is 12.5. The maximum Gasteiger partial charge on any atom is 0.274 e. The van der Waals surface area contributed by atoms with Crippen LogP contribution in [0.5, 0.6) is 0 Å². The molecule has 1 fully saturated rings. The molecule has 5 nitrogen and oxygen atoms in total. The summed E-state index contributed by atoms with van der Waals surface area (Å²) in [6.45, 7) is 3.64. The first-order chi connectivity index (χ1) is 10.6. The second-order valence-corrected chi connectivity index (χ2v) is 6.15. The van der Waals surface area contributed by atoms with Crippen LogP contribution in [0.25, 0.3) is 0 Å². The van der Waals surface area contributed by atoms with Crippen molar-refractivity contribution in [2.75, 3.05) is 13.1 Å². The van der Waals surface area contributed by atoms with Gasteiger partial charge in [0, 0.05) is 38.2 Å². The number of hydrogen-bond acceptors (Lipinski definition) is 3. The van der Waals surface area contributed by atoms with Gasteiger partial charge in [0.05, 0.1) is 0 Å². The molecular formula is C17H22N4O. The van der Waals surface area contributed by atoms with E-state index in [1.165, 1.54) is 12.0 Å². The summed E-state index contributed by atoms with van der Waals surface area (Å²) in [7, 11) is 1.83. The largest absolute Gasteiger partial charge is 0.337 e. The van der Waals surface area contributed by atoms with E-state index in [2.05, 4.69) is 22.2 Å². The average molecular weight is 298 g/mol. The van der Waals surface area contributed by atoms with Gasteiger partial charge in [-0.1, -0.05) is 6.07 Å². The topological polar surface area (TPSA) is 51.0 Å². The van der Waals surface area contributed by atoms with Crippen molar-refractivity contribution in [3.8, 4) is 0 Å². The number of carbonyl (C=O) groups is 1. The third-order valence-electron chi connectivity index (χ3n) is 4.24. The minimum Gasteiger partial charge on any atom is -0.337 e. The molecular weight excluding hydrogens is 276 g/mol. The van der Waals surface area contributed by atoms with E-state index in [4.69, 9.17) is 0 Å². The Labute approximate surface area is 131 Å². The molecule has 0 bridgehead atoms. The number of rotatable bonds is 3. The highest BCUT2D eigenvalue weighted by atomic mass is 16.2. The molecule has 0 aromatic carbocycles. The molecule has 0 saturated carbocycles. The van der Waals surface area contributed by atoms with Crippen LogP contribution < -0.4 is 0 Å². The summed E-state index contributed by atoms with van der Waals surface area (Å²) in [5.74, 6) is 0.554. The number of hydrogen-bond donors (Lipinski definition) is 0. The lowest BCUT2D eigenvalue weighted by Crippen LogP contribution is -2.40. The van der Waals surface area contributed by atoms with E-state index in [1.54, 1.807) is 10.7 Å². The molecule has 2 aromatic rings. The van der Waals surface area contributed by atoms with Crippen molar-refractivity contribution in [3.05, 3.63) is 47.5 Å². The minimum absolute atomic E-state index is 0.0485. The Hall–Kier alpha value is -2.17. The lowest BCUT2D eigenvalue weighted by Gasteiger charge is -2.32. The first-order valence-electron chi connectivity index (χ1n) is 7.82. The summed E-state index contributed by atoms with van der Waals surface area (Å²) in [5, 5.41) is 4.22. The van der Waals surface area contributed by atoms with Crippen LogP contribution in [0.1, 0.15) is 34.6 Å². The van der Waals surface area contributed by atoms with Crippen molar-refractivity contribution in [2.45, 2.75) is 26.2 Å². The number of amides is 1. The van der Waals surface area contributed by atoms with Crippen molar-refractivity contribution in [2.24, 2.45) is 13.0 Å². The van der Waals surface area contributed by atoms with Gasteiger partial charge >= 0.3 is 0 Å². The van der Waals surface area contributed by atoms with E-state index in [-0.39, 0.29) is 5.91 Å². The van der Waals surface area contributed by atoms with Gasteiger partial charge in [0.25, 0.3) is 5.91 Å². The van der Waals surface area contributed by atoms with Crippen molar-refractivity contribution in [1.29, 1.82) is 0 Å². The van der Waals surface area contributed by atoms with Gasteiger partial charge in [0.1, 0.15) is 5.69 Å². The third kappa shape index (κ3) is 3.35. The Morgan fingerprint density at radius 1 is 1.36 bits per heavy atom. The van der Waals surface area contributed by atoms with E-state index in [9.17, 15) is 4.79 Å². The van der Waals surface area contributed by atoms with Crippen molar-refractivity contribution in [3.63, 3.8) is 0 Å². The van der Waals surface area contributed by atoms with Crippen LogP contribution in [0.2, 0.25) is 0 Å². The minimum atomic E-state index is 0.0485. The van der Waals surface area contributed by atoms with Gasteiger partial charge in [-0.3, -0.25) is 14.5 Å². The van der Waals surface area contributed by atoms with Crippen LogP contribution in [0.4, 0.5) is 0 Å². The fourth-order valence-electron chi connectivity index (χ4n) is 3.06. The smallest absolute Gasteiger partial charge is 0.274 e. The molecule has 2 aromatic heterocycles. The van der Waals surface area contributed by atoms with Crippen LogP contribution in [-0.2, 0) is 13.5 Å². The number of aromatic nitrogens is 3. The molecule has 0 radical (unpaired) electrons. The van der Waals surface area contributed by atoms with E-state index in [0.717, 1.165) is 31.6 Å². The second kappa shape index (κ2) is 6.30. The van der Waals surface area contributed by atoms with E-state index in [0.29, 0.717) is 11.6 Å². The molecule has 1 aliphatic rings. The molecule has 5 heteroatoms. The average Bonchev–Trinajstić information content (AvgIpc) is 2.96. The van der Waals surface area contributed by atoms with Gasteiger partial charge in [0.2, 0.25) is 0 Å². The summed E-state index contributed by atoms with van der Waals surface area (Å²) in [6.07, 6.45) is 6.98. The Kier molecular flexibility index (Phi) is 4.22. The summed E-state index contributed by atoms with van der Waals surface area (Å²) >= 11 is 0. The van der Waals surface area contributed by atoms with Gasteiger partial charge in [0.15, 0.2) is 0 Å². The molecule has 1 atom stereocenters. The van der Waals surface area contributed by atoms with Crippen LogP contribution in [0.15, 0.2) is 30.6 Å². The van der Waals surface area contributed by atoms with E-state index in [1.807, 2.05) is 31.3 Å². The second-order valence-electron chi connectivity index (χ2n) is 6.15. The first-order valence-corrected chi connectivity index (χ1v) is 7.82. The Bertz CT molecular complexity index is 647. The maximum absolute atomic E-state index is 12.5. The SMILES string of the molecule is Cc1ccc(C[C@H]2CCCN(C(=O)c3ccn(C)n3)C2)cn1. The molecule has 0 aliphatic carbocycles. The lowest BCUT2D eigenvalue weighted by atomic mass is 9.91. The number of carbonyl (C=O) groups excluding carboxylic acids is 1. The Morgan fingerprint density at radius 3 is 2.91 bits per heavy atom. The quantitative estimate of drug-likeness (QED) is 0.873. The summed E-state index contributed by atoms with van der Waals surface area (Å²) in [6, 6.07) is 5.98. The van der Waals surface area contributed by atoms with Crippen molar-refractivity contribution < 1.29 is 4.79 Å². The number of likely N-dealkylation sites (tertiary alicyclic amines) is 1. The zero-order valence-corrected chi connectivity index (χ0v) is 13.2. The van der Waals surface area contributed by atoms with Gasteiger partial charge < -0.3 is 4.90 Å². The van der Waals surface area contributed by atoms with Crippen LogP contribution in [-0.4, -0.2) is 38.7 Å². The zero-order valence-electron chi connectivity index (χ0n) is 13.2.